The van der Waals surface area contributed by atoms with Gasteiger partial charge in [0.1, 0.15) is 11.3 Å². The van der Waals surface area contributed by atoms with Crippen molar-refractivity contribution >= 4 is 5.97 Å². The highest BCUT2D eigenvalue weighted by atomic mass is 16.5. The van der Waals surface area contributed by atoms with Crippen molar-refractivity contribution in [1.82, 2.24) is 4.90 Å². The highest BCUT2D eigenvalue weighted by Gasteiger charge is 2.22. The van der Waals surface area contributed by atoms with Crippen LogP contribution in [0.1, 0.15) is 29.8 Å². The monoisotopic (exact) mass is 279 g/mol. The molecule has 0 radical (unpaired) electrons. The molecule has 1 heterocycles. The molecule has 1 aromatic rings. The van der Waals surface area contributed by atoms with Gasteiger partial charge in [-0.25, -0.2) is 4.79 Å². The molecule has 0 spiro atoms. The van der Waals surface area contributed by atoms with Gasteiger partial charge >= 0.3 is 5.97 Å². The fourth-order valence-electron chi connectivity index (χ4n) is 2.68. The molecule has 0 aliphatic carbocycles. The predicted octanol–water partition coefficient (Wildman–Crippen LogP) is 2.00. The van der Waals surface area contributed by atoms with Gasteiger partial charge in [-0.05, 0) is 31.5 Å². The van der Waals surface area contributed by atoms with Crippen LogP contribution in [0.15, 0.2) is 18.2 Å². The lowest BCUT2D eigenvalue weighted by molar-refractivity contribution is -0.0704. The summed E-state index contributed by atoms with van der Waals surface area (Å²) in [6.45, 7) is 6.67. The summed E-state index contributed by atoms with van der Waals surface area (Å²) in [7, 11) is 1.49. The zero-order valence-corrected chi connectivity index (χ0v) is 12.1. The first kappa shape index (κ1) is 14.8. The highest BCUT2D eigenvalue weighted by Crippen LogP contribution is 2.22. The second kappa shape index (κ2) is 6.24. The zero-order chi connectivity index (χ0) is 14.7. The van der Waals surface area contributed by atoms with Gasteiger partial charge in [0.05, 0.1) is 19.3 Å². The van der Waals surface area contributed by atoms with E-state index in [0.29, 0.717) is 5.75 Å². The average Bonchev–Trinajstić information content (AvgIpc) is 2.37. The van der Waals surface area contributed by atoms with Gasteiger partial charge in [0.25, 0.3) is 0 Å². The number of carbonyl (C=O) groups is 1. The Bertz CT molecular complexity index is 479. The number of aromatic carboxylic acids is 1. The van der Waals surface area contributed by atoms with E-state index in [0.717, 1.165) is 25.2 Å². The van der Waals surface area contributed by atoms with Gasteiger partial charge in [0, 0.05) is 19.6 Å². The van der Waals surface area contributed by atoms with E-state index in [2.05, 4.69) is 18.7 Å². The second-order valence-corrected chi connectivity index (χ2v) is 5.29. The van der Waals surface area contributed by atoms with E-state index >= 15 is 0 Å². The molecular formula is C15H21NO4. The summed E-state index contributed by atoms with van der Waals surface area (Å²) >= 11 is 0. The summed E-state index contributed by atoms with van der Waals surface area (Å²) in [6.07, 6.45) is 0.442. The molecule has 0 aromatic heterocycles. The van der Waals surface area contributed by atoms with Gasteiger partial charge in [-0.3, -0.25) is 4.90 Å². The summed E-state index contributed by atoms with van der Waals surface area (Å²) < 4.78 is 10.9. The Morgan fingerprint density at radius 3 is 2.60 bits per heavy atom. The molecule has 2 unspecified atom stereocenters. The van der Waals surface area contributed by atoms with Crippen molar-refractivity contribution in [2.45, 2.75) is 32.6 Å². The third kappa shape index (κ3) is 3.49. The van der Waals surface area contributed by atoms with Gasteiger partial charge in [0.15, 0.2) is 0 Å². The SMILES string of the molecule is COc1cc(CN2CC(C)OC(C)C2)ccc1C(=O)O. The van der Waals surface area contributed by atoms with Crippen LogP contribution < -0.4 is 4.74 Å². The molecule has 1 N–H and O–H groups in total. The predicted molar refractivity (Wildman–Crippen MR) is 75.2 cm³/mol. The molecule has 110 valence electrons. The Balaban J connectivity index is 2.11. The maximum Gasteiger partial charge on any atom is 0.339 e. The summed E-state index contributed by atoms with van der Waals surface area (Å²) in [5, 5.41) is 9.07. The fraction of sp³-hybridized carbons (Fsp3) is 0.533. The van der Waals surface area contributed by atoms with Crippen LogP contribution in [-0.2, 0) is 11.3 Å². The van der Waals surface area contributed by atoms with Crippen molar-refractivity contribution < 1.29 is 19.4 Å². The van der Waals surface area contributed by atoms with Crippen LogP contribution >= 0.6 is 0 Å². The van der Waals surface area contributed by atoms with Crippen molar-refractivity contribution in [2.75, 3.05) is 20.2 Å². The topological polar surface area (TPSA) is 59.0 Å². The van der Waals surface area contributed by atoms with Gasteiger partial charge < -0.3 is 14.6 Å². The standard InChI is InChI=1S/C15H21NO4/c1-10-7-16(8-11(2)20-10)9-12-4-5-13(15(17)18)14(6-12)19-3/h4-6,10-11H,7-9H2,1-3H3,(H,17,18). The van der Waals surface area contributed by atoms with Crippen LogP contribution in [0.4, 0.5) is 0 Å². The first-order valence-electron chi connectivity index (χ1n) is 6.77. The molecular weight excluding hydrogens is 258 g/mol. The number of methoxy groups -OCH3 is 1. The summed E-state index contributed by atoms with van der Waals surface area (Å²) in [4.78, 5) is 13.4. The molecule has 0 saturated carbocycles. The maximum absolute atomic E-state index is 11.1. The molecule has 5 nitrogen and oxygen atoms in total. The third-order valence-corrected chi connectivity index (χ3v) is 3.40. The Labute approximate surface area is 119 Å². The molecule has 1 saturated heterocycles. The number of nitrogens with zero attached hydrogens (tertiary/aromatic N) is 1. The molecule has 1 aliphatic heterocycles. The van der Waals surface area contributed by atoms with E-state index in [1.165, 1.54) is 7.11 Å². The first-order chi connectivity index (χ1) is 9.49. The van der Waals surface area contributed by atoms with Crippen molar-refractivity contribution in [1.29, 1.82) is 0 Å². The number of rotatable bonds is 4. The lowest BCUT2D eigenvalue weighted by atomic mass is 10.1. The van der Waals surface area contributed by atoms with E-state index in [1.807, 2.05) is 6.07 Å². The molecule has 1 fully saturated rings. The number of ether oxygens (including phenoxy) is 2. The number of hydrogen-bond donors (Lipinski definition) is 1. The lowest BCUT2D eigenvalue weighted by Crippen LogP contribution is -2.44. The molecule has 5 heteroatoms. The van der Waals surface area contributed by atoms with Crippen LogP contribution in [0.25, 0.3) is 0 Å². The Kier molecular flexibility index (Phi) is 4.62. The van der Waals surface area contributed by atoms with Crippen LogP contribution in [0, 0.1) is 0 Å². The number of carboxylic acids is 1. The zero-order valence-electron chi connectivity index (χ0n) is 12.1. The van der Waals surface area contributed by atoms with Crippen LogP contribution in [0.3, 0.4) is 0 Å². The maximum atomic E-state index is 11.1. The van der Waals surface area contributed by atoms with E-state index in [-0.39, 0.29) is 17.8 Å². The van der Waals surface area contributed by atoms with Crippen LogP contribution in [0.5, 0.6) is 5.75 Å². The minimum absolute atomic E-state index is 0.194. The third-order valence-electron chi connectivity index (χ3n) is 3.40. The van der Waals surface area contributed by atoms with Gasteiger partial charge in [-0.15, -0.1) is 0 Å². The Morgan fingerprint density at radius 2 is 2.05 bits per heavy atom. The molecule has 2 atom stereocenters. The van der Waals surface area contributed by atoms with Crippen molar-refractivity contribution in [3.05, 3.63) is 29.3 Å². The van der Waals surface area contributed by atoms with Crippen molar-refractivity contribution in [3.8, 4) is 5.75 Å². The summed E-state index contributed by atoms with van der Waals surface area (Å²) in [5.74, 6) is -0.564. The number of morpholine rings is 1. The largest absolute Gasteiger partial charge is 0.496 e. The van der Waals surface area contributed by atoms with Crippen LogP contribution in [-0.4, -0.2) is 48.4 Å². The van der Waals surface area contributed by atoms with Gasteiger partial charge in [-0.1, -0.05) is 6.07 Å². The molecule has 1 aromatic carbocycles. The molecule has 1 aliphatic rings. The first-order valence-corrected chi connectivity index (χ1v) is 6.77. The highest BCUT2D eigenvalue weighted by molar-refractivity contribution is 5.90. The molecule has 0 bridgehead atoms. The van der Waals surface area contributed by atoms with E-state index < -0.39 is 5.97 Å². The molecule has 0 amide bonds. The van der Waals surface area contributed by atoms with Gasteiger partial charge in [-0.2, -0.15) is 0 Å². The minimum atomic E-state index is -0.970. The Morgan fingerprint density at radius 1 is 1.40 bits per heavy atom. The van der Waals surface area contributed by atoms with E-state index in [9.17, 15) is 4.79 Å². The number of benzene rings is 1. The average molecular weight is 279 g/mol. The normalized spacial score (nSPS) is 23.6. The summed E-state index contributed by atoms with van der Waals surface area (Å²) in [5.41, 5.74) is 1.24. The minimum Gasteiger partial charge on any atom is -0.496 e. The van der Waals surface area contributed by atoms with E-state index in [1.54, 1.807) is 12.1 Å². The van der Waals surface area contributed by atoms with Gasteiger partial charge in [0.2, 0.25) is 0 Å². The number of carboxylic acid groups (broad SMARTS) is 1. The lowest BCUT2D eigenvalue weighted by Gasteiger charge is -2.35. The number of hydrogen-bond acceptors (Lipinski definition) is 4. The smallest absolute Gasteiger partial charge is 0.339 e. The van der Waals surface area contributed by atoms with E-state index in [4.69, 9.17) is 14.6 Å². The molecule has 2 rings (SSSR count). The molecule has 20 heavy (non-hydrogen) atoms. The fourth-order valence-corrected chi connectivity index (χ4v) is 2.68. The van der Waals surface area contributed by atoms with Crippen molar-refractivity contribution in [2.24, 2.45) is 0 Å². The van der Waals surface area contributed by atoms with Crippen molar-refractivity contribution in [3.63, 3.8) is 0 Å². The quantitative estimate of drug-likeness (QED) is 0.913. The Hall–Kier alpha value is -1.59. The second-order valence-electron chi connectivity index (χ2n) is 5.29. The van der Waals surface area contributed by atoms with Crippen LogP contribution in [0.2, 0.25) is 0 Å². The summed E-state index contributed by atoms with van der Waals surface area (Å²) in [6, 6.07) is 5.24.